The van der Waals surface area contributed by atoms with E-state index >= 15 is 0 Å². The average molecular weight is 607 g/mol. The van der Waals surface area contributed by atoms with Gasteiger partial charge in [-0.05, 0) is 79.8 Å². The Labute approximate surface area is 253 Å². The molecule has 3 aromatic rings. The summed E-state index contributed by atoms with van der Waals surface area (Å²) < 4.78 is 38.7. The van der Waals surface area contributed by atoms with E-state index in [1.54, 1.807) is 63.2 Å². The molecule has 3 aromatic carbocycles. The topological polar surface area (TPSA) is 93.2 Å². The van der Waals surface area contributed by atoms with Crippen molar-refractivity contribution in [2.75, 3.05) is 22.2 Å². The molecule has 8 nitrogen and oxygen atoms in total. The van der Waals surface area contributed by atoms with Crippen LogP contribution in [0.4, 0.5) is 15.8 Å². The molecule has 2 aliphatic rings. The Hall–Kier alpha value is -4.05. The van der Waals surface area contributed by atoms with Gasteiger partial charge in [0.25, 0.3) is 5.91 Å². The first-order valence-corrected chi connectivity index (χ1v) is 15.3. The molecule has 2 heterocycles. The number of hydrogen-bond donors (Lipinski definition) is 0. The van der Waals surface area contributed by atoms with Crippen LogP contribution in [0.5, 0.6) is 5.75 Å². The fourth-order valence-electron chi connectivity index (χ4n) is 5.39. The van der Waals surface area contributed by atoms with Crippen molar-refractivity contribution in [1.29, 1.82) is 0 Å². The minimum absolute atomic E-state index is 0.0637. The Balaban J connectivity index is 1.61. The first-order valence-electron chi connectivity index (χ1n) is 14.0. The van der Waals surface area contributed by atoms with E-state index in [0.717, 1.165) is 5.56 Å². The molecule has 0 radical (unpaired) electrons. The molecular formula is C33H35FN2O6S. The van der Waals surface area contributed by atoms with Crippen LogP contribution in [0.1, 0.15) is 58.2 Å². The van der Waals surface area contributed by atoms with E-state index in [1.165, 1.54) is 21.9 Å². The van der Waals surface area contributed by atoms with Gasteiger partial charge in [-0.2, -0.15) is 0 Å². The number of carbonyl (C=O) groups is 3. The van der Waals surface area contributed by atoms with Crippen molar-refractivity contribution in [2.24, 2.45) is 0 Å². The van der Waals surface area contributed by atoms with Crippen molar-refractivity contribution in [3.63, 3.8) is 0 Å². The summed E-state index contributed by atoms with van der Waals surface area (Å²) in [6.45, 7) is 11.2. The van der Waals surface area contributed by atoms with Gasteiger partial charge in [0.2, 0.25) is 10.8 Å². The van der Waals surface area contributed by atoms with Gasteiger partial charge in [0.15, 0.2) is 6.61 Å². The number of carbonyl (C=O) groups excluding carboxylic acids is 3. The van der Waals surface area contributed by atoms with E-state index in [9.17, 15) is 23.0 Å². The zero-order valence-electron chi connectivity index (χ0n) is 25.1. The summed E-state index contributed by atoms with van der Waals surface area (Å²) in [6.07, 6.45) is 0. The molecule has 0 saturated carbocycles. The summed E-state index contributed by atoms with van der Waals surface area (Å²) in [5.74, 6) is -2.08. The van der Waals surface area contributed by atoms with E-state index in [1.807, 2.05) is 12.1 Å². The van der Waals surface area contributed by atoms with Crippen molar-refractivity contribution >= 4 is 40.0 Å². The highest BCUT2D eigenvalue weighted by Crippen LogP contribution is 2.52. The normalized spacial score (nSPS) is 20.1. The van der Waals surface area contributed by atoms with Crippen LogP contribution in [-0.2, 0) is 46.8 Å². The summed E-state index contributed by atoms with van der Waals surface area (Å²) in [6, 6.07) is 17.9. The van der Waals surface area contributed by atoms with Gasteiger partial charge in [-0.1, -0.05) is 45.0 Å². The fraction of sp³-hybridized carbons (Fsp3) is 0.364. The van der Waals surface area contributed by atoms with Crippen molar-refractivity contribution in [3.05, 3.63) is 89.2 Å². The molecule has 2 atom stereocenters. The number of nitrogens with zero attached hydrogens (tertiary/aromatic N) is 2. The molecule has 1 spiro atoms. The zero-order chi connectivity index (χ0) is 31.3. The largest absolute Gasteiger partial charge is 0.482 e. The molecule has 0 aromatic heterocycles. The first kappa shape index (κ1) is 30.4. The molecule has 0 bridgehead atoms. The predicted molar refractivity (Wildman–Crippen MR) is 163 cm³/mol. The van der Waals surface area contributed by atoms with Gasteiger partial charge in [-0.3, -0.25) is 18.7 Å². The molecule has 1 saturated heterocycles. The highest BCUT2D eigenvalue weighted by atomic mass is 32.2. The van der Waals surface area contributed by atoms with Crippen LogP contribution < -0.4 is 14.5 Å². The maximum Gasteiger partial charge on any atom is 0.344 e. The second-order valence-electron chi connectivity index (χ2n) is 12.7. The van der Waals surface area contributed by atoms with E-state index in [4.69, 9.17) is 9.47 Å². The molecule has 10 heteroatoms. The van der Waals surface area contributed by atoms with E-state index < -0.39 is 44.9 Å². The summed E-state index contributed by atoms with van der Waals surface area (Å²) in [4.78, 5) is 41.3. The highest BCUT2D eigenvalue weighted by Gasteiger charge is 2.65. The van der Waals surface area contributed by atoms with E-state index in [-0.39, 0.29) is 30.1 Å². The molecule has 226 valence electrons. The number of halogens is 1. The fourth-order valence-corrected chi connectivity index (χ4v) is 7.08. The van der Waals surface area contributed by atoms with Gasteiger partial charge >= 0.3 is 5.97 Å². The maximum absolute atomic E-state index is 14.5. The van der Waals surface area contributed by atoms with E-state index in [2.05, 4.69) is 20.8 Å². The molecule has 43 heavy (non-hydrogen) atoms. The first-order chi connectivity index (χ1) is 20.1. The van der Waals surface area contributed by atoms with Gasteiger partial charge in [-0.15, -0.1) is 0 Å². The highest BCUT2D eigenvalue weighted by molar-refractivity contribution is 7.88. The number of benzene rings is 3. The minimum Gasteiger partial charge on any atom is -0.482 e. The Morgan fingerprint density at radius 2 is 1.60 bits per heavy atom. The van der Waals surface area contributed by atoms with Crippen LogP contribution in [0.2, 0.25) is 0 Å². The summed E-state index contributed by atoms with van der Waals surface area (Å²) in [7, 11) is -1.97. The molecular weight excluding hydrogens is 571 g/mol. The van der Waals surface area contributed by atoms with Gasteiger partial charge < -0.3 is 14.4 Å². The quantitative estimate of drug-likeness (QED) is 0.352. The number of fused-ring (bicyclic) bond motifs is 2. The van der Waals surface area contributed by atoms with Gasteiger partial charge in [0.1, 0.15) is 22.9 Å². The van der Waals surface area contributed by atoms with Crippen molar-refractivity contribution in [3.8, 4) is 5.75 Å². The third kappa shape index (κ3) is 5.68. The molecule has 2 amide bonds. The number of esters is 1. The minimum atomic E-state index is -1.97. The third-order valence-electron chi connectivity index (χ3n) is 7.33. The van der Waals surface area contributed by atoms with Gasteiger partial charge in [-0.25, -0.2) is 9.18 Å². The molecule has 0 N–H and O–H groups in total. The lowest BCUT2D eigenvalue weighted by Gasteiger charge is -2.33. The van der Waals surface area contributed by atoms with Gasteiger partial charge in [0.05, 0.1) is 23.0 Å². The van der Waals surface area contributed by atoms with Crippen LogP contribution >= 0.6 is 0 Å². The third-order valence-corrected chi connectivity index (χ3v) is 9.07. The molecule has 5 rings (SSSR count). The number of ether oxygens (including phenoxy) is 2. The number of anilines is 2. The molecule has 2 aliphatic heterocycles. The standard InChI is InChI=1S/C33H35FN2O6S/c1-31(2,3)22-9-13-24(14-10-22)36-28(37)20-43(40)33(36)26-17-25(41-19-29(38)42-32(4,5)6)15-16-27(26)35(30(33)39)18-21-7-11-23(34)12-8-21/h7-17H,18-20H2,1-6H3. The molecule has 2 unspecified atom stereocenters. The smallest absolute Gasteiger partial charge is 0.344 e. The molecule has 1 fully saturated rings. The Kier molecular flexibility index (Phi) is 7.71. The van der Waals surface area contributed by atoms with Crippen LogP contribution in [0, 0.1) is 5.82 Å². The molecule has 0 aliphatic carbocycles. The second kappa shape index (κ2) is 10.9. The van der Waals surface area contributed by atoms with Crippen molar-refractivity contribution < 1.29 is 32.5 Å². The van der Waals surface area contributed by atoms with Crippen LogP contribution in [0.15, 0.2) is 66.7 Å². The van der Waals surface area contributed by atoms with Crippen LogP contribution in [0.3, 0.4) is 0 Å². The van der Waals surface area contributed by atoms with Crippen LogP contribution in [-0.4, -0.2) is 40.0 Å². The second-order valence-corrected chi connectivity index (χ2v) is 14.3. The van der Waals surface area contributed by atoms with Gasteiger partial charge in [0, 0.05) is 11.3 Å². The Morgan fingerprint density at radius 1 is 0.953 bits per heavy atom. The number of hydrogen-bond acceptors (Lipinski definition) is 6. The van der Waals surface area contributed by atoms with E-state index in [0.29, 0.717) is 22.5 Å². The van der Waals surface area contributed by atoms with Crippen molar-refractivity contribution in [1.82, 2.24) is 0 Å². The maximum atomic E-state index is 14.5. The summed E-state index contributed by atoms with van der Waals surface area (Å²) in [5.41, 5.74) is 2.05. The summed E-state index contributed by atoms with van der Waals surface area (Å²) in [5, 5.41) is 0. The number of amides is 2. The van der Waals surface area contributed by atoms with Crippen molar-refractivity contribution in [2.45, 2.75) is 64.0 Å². The SMILES string of the molecule is CC(C)(C)OC(=O)COc1ccc2c(c1)C1(C(=O)N2Cc2ccc(F)cc2)N(c2ccc(C(C)(C)C)cc2)C(=O)CS1=O. The Morgan fingerprint density at radius 3 is 2.21 bits per heavy atom. The Bertz CT molecular complexity index is 1610. The average Bonchev–Trinajstić information content (AvgIpc) is 3.32. The number of rotatable bonds is 6. The monoisotopic (exact) mass is 606 g/mol. The summed E-state index contributed by atoms with van der Waals surface area (Å²) >= 11 is 0. The lowest BCUT2D eigenvalue weighted by atomic mass is 9.87. The lowest BCUT2D eigenvalue weighted by molar-refractivity contribution is -0.157. The predicted octanol–water partition coefficient (Wildman–Crippen LogP) is 5.34. The zero-order valence-corrected chi connectivity index (χ0v) is 25.9. The van der Waals surface area contributed by atoms with Crippen LogP contribution in [0.25, 0.3) is 0 Å². The lowest BCUT2D eigenvalue weighted by Crippen LogP contribution is -2.52.